The van der Waals surface area contributed by atoms with Crippen molar-refractivity contribution >= 4 is 10.2 Å². The van der Waals surface area contributed by atoms with Gasteiger partial charge in [-0.05, 0) is 12.5 Å². The second-order valence-corrected chi connectivity index (χ2v) is 4.56. The Morgan fingerprint density at radius 1 is 1.31 bits per heavy atom. The van der Waals surface area contributed by atoms with E-state index in [0.717, 1.165) is 11.6 Å². The first-order valence-corrected chi connectivity index (χ1v) is 5.84. The summed E-state index contributed by atoms with van der Waals surface area (Å²) in [7, 11) is -4.83. The number of hydrogen-bond donors (Lipinski definition) is 0. The summed E-state index contributed by atoms with van der Waals surface area (Å²) in [4.78, 5) is 0. The van der Waals surface area contributed by atoms with Gasteiger partial charge >= 0.3 is 10.2 Å². The van der Waals surface area contributed by atoms with E-state index in [1.54, 1.807) is 12.1 Å². The summed E-state index contributed by atoms with van der Waals surface area (Å²) in [5.41, 5.74) is 1.91. The van der Waals surface area contributed by atoms with Crippen LogP contribution in [0.5, 0.6) is 0 Å². The van der Waals surface area contributed by atoms with E-state index in [0.29, 0.717) is 11.3 Å². The third-order valence-corrected chi connectivity index (χ3v) is 2.82. The molecule has 0 N–H and O–H groups in total. The van der Waals surface area contributed by atoms with Crippen LogP contribution in [0.15, 0.2) is 39.9 Å². The quantitative estimate of drug-likeness (QED) is 0.757. The number of aryl methyl sites for hydroxylation is 1. The maximum atomic E-state index is 12.6. The van der Waals surface area contributed by atoms with Gasteiger partial charge < -0.3 is 4.52 Å². The summed E-state index contributed by atoms with van der Waals surface area (Å²) in [5, 5.41) is 2.75. The van der Waals surface area contributed by atoms with Gasteiger partial charge in [-0.15, -0.1) is 0 Å². The zero-order chi connectivity index (χ0) is 11.8. The number of nitrogens with zero attached hydrogens (tertiary/aromatic N) is 1. The summed E-state index contributed by atoms with van der Waals surface area (Å²) >= 11 is 0. The average molecular weight is 241 g/mol. The van der Waals surface area contributed by atoms with Crippen molar-refractivity contribution in [1.29, 1.82) is 0 Å². The second kappa shape index (κ2) is 3.71. The molecule has 0 unspecified atom stereocenters. The normalized spacial score (nSPS) is 11.6. The Labute approximate surface area is 91.9 Å². The Hall–Kier alpha value is -1.69. The minimum absolute atomic E-state index is 0.300. The van der Waals surface area contributed by atoms with E-state index in [4.69, 9.17) is 0 Å². The van der Waals surface area contributed by atoms with E-state index in [1.165, 1.54) is 0 Å². The standard InChI is InChI=1S/C10H8FNO3S/c1-7-4-2-3-5-8(7)9-6-10(15-12-9)16(11,13)14/h2-6H,1H3. The van der Waals surface area contributed by atoms with Crippen molar-refractivity contribution in [2.75, 3.05) is 0 Å². The third kappa shape index (κ3) is 1.96. The number of hydrogen-bond acceptors (Lipinski definition) is 4. The average Bonchev–Trinajstić information content (AvgIpc) is 2.66. The number of benzene rings is 1. The topological polar surface area (TPSA) is 60.2 Å². The lowest BCUT2D eigenvalue weighted by atomic mass is 10.1. The highest BCUT2D eigenvalue weighted by atomic mass is 32.3. The first-order valence-electron chi connectivity index (χ1n) is 4.46. The third-order valence-electron chi connectivity index (χ3n) is 2.15. The fourth-order valence-corrected chi connectivity index (χ4v) is 1.74. The maximum absolute atomic E-state index is 12.6. The Morgan fingerprint density at radius 3 is 2.56 bits per heavy atom. The molecule has 0 saturated heterocycles. The molecule has 0 fully saturated rings. The molecule has 4 nitrogen and oxygen atoms in total. The molecule has 84 valence electrons. The molecule has 0 aliphatic carbocycles. The van der Waals surface area contributed by atoms with Gasteiger partial charge in [-0.25, -0.2) is 0 Å². The van der Waals surface area contributed by atoms with Crippen LogP contribution in [0.1, 0.15) is 5.56 Å². The molecular formula is C10H8FNO3S. The summed E-state index contributed by atoms with van der Waals surface area (Å²) in [6, 6.07) is 8.28. The van der Waals surface area contributed by atoms with E-state index < -0.39 is 15.3 Å². The molecule has 0 spiro atoms. The Morgan fingerprint density at radius 2 is 2.00 bits per heavy atom. The molecule has 1 aromatic carbocycles. The van der Waals surface area contributed by atoms with Crippen molar-refractivity contribution in [3.05, 3.63) is 35.9 Å². The number of aromatic nitrogens is 1. The fraction of sp³-hybridized carbons (Fsp3) is 0.100. The highest BCUT2D eigenvalue weighted by molar-refractivity contribution is 7.86. The lowest BCUT2D eigenvalue weighted by molar-refractivity contribution is 0.334. The largest absolute Gasteiger partial charge is 0.368 e. The van der Waals surface area contributed by atoms with Crippen LogP contribution in [0.3, 0.4) is 0 Å². The van der Waals surface area contributed by atoms with Crippen molar-refractivity contribution in [3.63, 3.8) is 0 Å². The summed E-state index contributed by atoms with van der Waals surface area (Å²) < 4.78 is 38.1. The molecule has 6 heteroatoms. The maximum Gasteiger partial charge on any atom is 0.368 e. The van der Waals surface area contributed by atoms with E-state index in [1.807, 2.05) is 19.1 Å². The predicted molar refractivity (Wildman–Crippen MR) is 55.0 cm³/mol. The molecule has 0 amide bonds. The van der Waals surface area contributed by atoms with E-state index in [9.17, 15) is 12.3 Å². The van der Waals surface area contributed by atoms with Gasteiger partial charge in [0.1, 0.15) is 5.69 Å². The van der Waals surface area contributed by atoms with Crippen LogP contribution in [-0.2, 0) is 10.2 Å². The highest BCUT2D eigenvalue weighted by Crippen LogP contribution is 2.24. The van der Waals surface area contributed by atoms with Gasteiger partial charge in [0, 0.05) is 11.6 Å². The van der Waals surface area contributed by atoms with Crippen molar-refractivity contribution in [2.45, 2.75) is 12.0 Å². The molecule has 1 aromatic heterocycles. The van der Waals surface area contributed by atoms with Crippen molar-refractivity contribution < 1.29 is 16.8 Å². The second-order valence-electron chi connectivity index (χ2n) is 3.28. The van der Waals surface area contributed by atoms with Gasteiger partial charge in [0.05, 0.1) is 0 Å². The zero-order valence-corrected chi connectivity index (χ0v) is 9.16. The van der Waals surface area contributed by atoms with Crippen LogP contribution in [-0.4, -0.2) is 13.6 Å². The first kappa shape index (κ1) is 10.8. The van der Waals surface area contributed by atoms with Gasteiger partial charge in [-0.1, -0.05) is 33.3 Å². The van der Waals surface area contributed by atoms with Gasteiger partial charge in [-0.3, -0.25) is 0 Å². The molecular weight excluding hydrogens is 233 g/mol. The summed E-state index contributed by atoms with van der Waals surface area (Å²) in [6.45, 7) is 1.84. The molecule has 0 atom stereocenters. The van der Waals surface area contributed by atoms with Gasteiger partial charge in [0.25, 0.3) is 5.09 Å². The minimum Gasteiger partial charge on any atom is -0.341 e. The Bertz CT molecular complexity index is 618. The molecule has 2 aromatic rings. The minimum atomic E-state index is -4.83. The van der Waals surface area contributed by atoms with Gasteiger partial charge in [0.15, 0.2) is 0 Å². The first-order chi connectivity index (χ1) is 7.48. The van der Waals surface area contributed by atoms with Crippen LogP contribution >= 0.6 is 0 Å². The van der Waals surface area contributed by atoms with Crippen LogP contribution in [0.4, 0.5) is 3.89 Å². The van der Waals surface area contributed by atoms with Crippen LogP contribution in [0, 0.1) is 6.92 Å². The Kier molecular flexibility index (Phi) is 2.51. The monoisotopic (exact) mass is 241 g/mol. The zero-order valence-electron chi connectivity index (χ0n) is 8.34. The van der Waals surface area contributed by atoms with E-state index in [2.05, 4.69) is 9.68 Å². The summed E-state index contributed by atoms with van der Waals surface area (Å²) in [6.07, 6.45) is 0. The Balaban J connectivity index is 2.52. The van der Waals surface area contributed by atoms with Crippen molar-refractivity contribution in [3.8, 4) is 11.3 Å². The molecule has 16 heavy (non-hydrogen) atoms. The predicted octanol–water partition coefficient (Wildman–Crippen LogP) is 2.31. The van der Waals surface area contributed by atoms with Gasteiger partial charge in [-0.2, -0.15) is 8.42 Å². The SMILES string of the molecule is Cc1ccccc1-c1cc(S(=O)(=O)F)on1. The van der Waals surface area contributed by atoms with Crippen molar-refractivity contribution in [2.24, 2.45) is 0 Å². The fourth-order valence-electron chi connectivity index (χ4n) is 1.36. The van der Waals surface area contributed by atoms with Crippen LogP contribution in [0.25, 0.3) is 11.3 Å². The molecule has 1 heterocycles. The lowest BCUT2D eigenvalue weighted by Gasteiger charge is -1.98. The highest BCUT2D eigenvalue weighted by Gasteiger charge is 2.19. The smallest absolute Gasteiger partial charge is 0.341 e. The van der Waals surface area contributed by atoms with E-state index >= 15 is 0 Å². The molecule has 0 radical (unpaired) electrons. The molecule has 2 rings (SSSR count). The van der Waals surface area contributed by atoms with E-state index in [-0.39, 0.29) is 0 Å². The van der Waals surface area contributed by atoms with Gasteiger partial charge in [0.2, 0.25) is 0 Å². The molecule has 0 aliphatic heterocycles. The molecule has 0 saturated carbocycles. The van der Waals surface area contributed by atoms with Crippen LogP contribution < -0.4 is 0 Å². The van der Waals surface area contributed by atoms with Crippen molar-refractivity contribution in [1.82, 2.24) is 5.16 Å². The lowest BCUT2D eigenvalue weighted by Crippen LogP contribution is -1.87. The van der Waals surface area contributed by atoms with Crippen LogP contribution in [0.2, 0.25) is 0 Å². The number of rotatable bonds is 2. The molecule has 0 aliphatic rings. The number of halogens is 1. The summed E-state index contributed by atoms with van der Waals surface area (Å²) in [5.74, 6) is 0. The molecule has 0 bridgehead atoms.